The first-order chi connectivity index (χ1) is 7.22. The van der Waals surface area contributed by atoms with Gasteiger partial charge in [-0.1, -0.05) is 19.1 Å². The maximum Gasteiger partial charge on any atom is 0.123 e. The first-order valence-electron chi connectivity index (χ1n) is 5.29. The van der Waals surface area contributed by atoms with Crippen molar-refractivity contribution >= 4 is 0 Å². The van der Waals surface area contributed by atoms with Gasteiger partial charge in [-0.05, 0) is 25.1 Å². The van der Waals surface area contributed by atoms with Crippen LogP contribution in [0, 0.1) is 0 Å². The first kappa shape index (κ1) is 12.0. The molecule has 0 aliphatic rings. The van der Waals surface area contributed by atoms with Crippen LogP contribution in [0.3, 0.4) is 0 Å². The third kappa shape index (κ3) is 2.94. The second kappa shape index (κ2) is 5.73. The standard InChI is InChI=1S/C12H20N2O/c1-4-9-5-6-12(15-3)10(7-9)11(13)8-14-2/h5-7,11,14H,4,8,13H2,1-3H3. The molecule has 0 radical (unpaired) electrons. The molecule has 1 atom stereocenters. The lowest BCUT2D eigenvalue weighted by molar-refractivity contribution is 0.404. The smallest absolute Gasteiger partial charge is 0.123 e. The fourth-order valence-corrected chi connectivity index (χ4v) is 1.62. The van der Waals surface area contributed by atoms with Crippen LogP contribution in [-0.4, -0.2) is 20.7 Å². The Kier molecular flexibility index (Phi) is 4.59. The highest BCUT2D eigenvalue weighted by Crippen LogP contribution is 2.24. The van der Waals surface area contributed by atoms with E-state index in [1.54, 1.807) is 7.11 Å². The maximum atomic E-state index is 6.06. The average molecular weight is 208 g/mol. The van der Waals surface area contributed by atoms with E-state index in [0.717, 1.165) is 24.3 Å². The Morgan fingerprint density at radius 3 is 2.73 bits per heavy atom. The van der Waals surface area contributed by atoms with Crippen LogP contribution >= 0.6 is 0 Å². The van der Waals surface area contributed by atoms with Crippen LogP contribution in [0.1, 0.15) is 24.1 Å². The molecule has 0 saturated heterocycles. The van der Waals surface area contributed by atoms with Crippen molar-refractivity contribution in [2.75, 3.05) is 20.7 Å². The van der Waals surface area contributed by atoms with Gasteiger partial charge in [0.25, 0.3) is 0 Å². The number of hydrogen-bond acceptors (Lipinski definition) is 3. The predicted octanol–water partition coefficient (Wildman–Crippen LogP) is 1.48. The minimum atomic E-state index is -0.0172. The molecule has 0 heterocycles. The van der Waals surface area contributed by atoms with Crippen molar-refractivity contribution < 1.29 is 4.74 Å². The summed E-state index contributed by atoms with van der Waals surface area (Å²) in [6, 6.07) is 6.18. The molecule has 3 heteroatoms. The van der Waals surface area contributed by atoms with Crippen molar-refractivity contribution in [3.63, 3.8) is 0 Å². The molecule has 3 N–H and O–H groups in total. The Labute approximate surface area is 91.6 Å². The lowest BCUT2D eigenvalue weighted by Crippen LogP contribution is -2.24. The topological polar surface area (TPSA) is 47.3 Å². The van der Waals surface area contributed by atoms with Gasteiger partial charge >= 0.3 is 0 Å². The van der Waals surface area contributed by atoms with E-state index in [2.05, 4.69) is 24.4 Å². The van der Waals surface area contributed by atoms with E-state index in [4.69, 9.17) is 10.5 Å². The summed E-state index contributed by atoms with van der Waals surface area (Å²) in [6.07, 6.45) is 1.02. The number of aryl methyl sites for hydroxylation is 1. The minimum absolute atomic E-state index is 0.0172. The van der Waals surface area contributed by atoms with E-state index < -0.39 is 0 Å². The quantitative estimate of drug-likeness (QED) is 0.770. The van der Waals surface area contributed by atoms with Gasteiger partial charge in [-0.3, -0.25) is 0 Å². The number of nitrogens with two attached hydrogens (primary N) is 1. The van der Waals surface area contributed by atoms with Gasteiger partial charge in [0.1, 0.15) is 5.75 Å². The van der Waals surface area contributed by atoms with Gasteiger partial charge < -0.3 is 15.8 Å². The average Bonchev–Trinajstić information content (AvgIpc) is 2.28. The van der Waals surface area contributed by atoms with E-state index in [0.29, 0.717) is 0 Å². The van der Waals surface area contributed by atoms with Crippen LogP contribution in [0.25, 0.3) is 0 Å². The highest BCUT2D eigenvalue weighted by molar-refractivity contribution is 5.39. The summed E-state index contributed by atoms with van der Waals surface area (Å²) in [6.45, 7) is 2.89. The van der Waals surface area contributed by atoms with E-state index >= 15 is 0 Å². The molecule has 84 valence electrons. The predicted molar refractivity (Wildman–Crippen MR) is 63.2 cm³/mol. The Balaban J connectivity index is 3.00. The highest BCUT2D eigenvalue weighted by Gasteiger charge is 2.11. The van der Waals surface area contributed by atoms with Gasteiger partial charge in [0.2, 0.25) is 0 Å². The molecule has 1 unspecified atom stereocenters. The Morgan fingerprint density at radius 2 is 2.20 bits per heavy atom. The van der Waals surface area contributed by atoms with Crippen molar-refractivity contribution in [1.29, 1.82) is 0 Å². The van der Waals surface area contributed by atoms with Gasteiger partial charge in [-0.15, -0.1) is 0 Å². The molecule has 3 nitrogen and oxygen atoms in total. The number of ether oxygens (including phenoxy) is 1. The van der Waals surface area contributed by atoms with E-state index in [-0.39, 0.29) is 6.04 Å². The lowest BCUT2D eigenvalue weighted by atomic mass is 10.0. The molecule has 1 aromatic carbocycles. The third-order valence-corrected chi connectivity index (χ3v) is 2.53. The molecule has 0 amide bonds. The number of nitrogens with one attached hydrogen (secondary N) is 1. The SMILES string of the molecule is CCc1ccc(OC)c(C(N)CNC)c1. The summed E-state index contributed by atoms with van der Waals surface area (Å²) in [4.78, 5) is 0. The molecule has 0 bridgehead atoms. The summed E-state index contributed by atoms with van der Waals surface area (Å²) in [5.74, 6) is 0.870. The molecule has 0 aliphatic heterocycles. The fourth-order valence-electron chi connectivity index (χ4n) is 1.62. The van der Waals surface area contributed by atoms with Crippen molar-refractivity contribution in [3.05, 3.63) is 29.3 Å². The molecule has 0 spiro atoms. The molecule has 15 heavy (non-hydrogen) atoms. The molecule has 1 rings (SSSR count). The van der Waals surface area contributed by atoms with Crippen LogP contribution in [0.2, 0.25) is 0 Å². The van der Waals surface area contributed by atoms with Gasteiger partial charge in [-0.25, -0.2) is 0 Å². The molecule has 1 aromatic rings. The van der Waals surface area contributed by atoms with E-state index in [1.807, 2.05) is 13.1 Å². The zero-order valence-corrected chi connectivity index (χ0v) is 9.71. The fraction of sp³-hybridized carbons (Fsp3) is 0.500. The van der Waals surface area contributed by atoms with Gasteiger partial charge in [-0.2, -0.15) is 0 Å². The molecular formula is C12H20N2O. The number of benzene rings is 1. The Bertz CT molecular complexity index is 312. The lowest BCUT2D eigenvalue weighted by Gasteiger charge is -2.16. The molecule has 0 saturated carbocycles. The molecule has 0 aromatic heterocycles. The van der Waals surface area contributed by atoms with Gasteiger partial charge in [0.05, 0.1) is 7.11 Å². The van der Waals surface area contributed by atoms with Crippen LogP contribution in [-0.2, 0) is 6.42 Å². The van der Waals surface area contributed by atoms with Crippen molar-refractivity contribution in [3.8, 4) is 5.75 Å². The highest BCUT2D eigenvalue weighted by atomic mass is 16.5. The van der Waals surface area contributed by atoms with Crippen LogP contribution in [0.15, 0.2) is 18.2 Å². The third-order valence-electron chi connectivity index (χ3n) is 2.53. The number of methoxy groups -OCH3 is 1. The van der Waals surface area contributed by atoms with Crippen molar-refractivity contribution in [2.45, 2.75) is 19.4 Å². The zero-order valence-electron chi connectivity index (χ0n) is 9.71. The molecule has 0 fully saturated rings. The monoisotopic (exact) mass is 208 g/mol. The van der Waals surface area contributed by atoms with E-state index in [9.17, 15) is 0 Å². The number of rotatable bonds is 5. The summed E-state index contributed by atoms with van der Waals surface area (Å²) in [5, 5.41) is 3.07. The summed E-state index contributed by atoms with van der Waals surface area (Å²) in [5.41, 5.74) is 8.43. The van der Waals surface area contributed by atoms with Crippen molar-refractivity contribution in [1.82, 2.24) is 5.32 Å². The summed E-state index contributed by atoms with van der Waals surface area (Å²) < 4.78 is 5.30. The van der Waals surface area contributed by atoms with Crippen molar-refractivity contribution in [2.24, 2.45) is 5.73 Å². The molecule has 0 aliphatic carbocycles. The largest absolute Gasteiger partial charge is 0.496 e. The maximum absolute atomic E-state index is 6.06. The van der Waals surface area contributed by atoms with Crippen LogP contribution in [0.5, 0.6) is 5.75 Å². The first-order valence-corrected chi connectivity index (χ1v) is 5.29. The minimum Gasteiger partial charge on any atom is -0.496 e. The second-order valence-electron chi connectivity index (χ2n) is 3.59. The Hall–Kier alpha value is -1.06. The number of hydrogen-bond donors (Lipinski definition) is 2. The zero-order chi connectivity index (χ0) is 11.3. The van der Waals surface area contributed by atoms with Crippen LogP contribution < -0.4 is 15.8 Å². The summed E-state index contributed by atoms with van der Waals surface area (Å²) >= 11 is 0. The summed E-state index contributed by atoms with van der Waals surface area (Å²) in [7, 11) is 3.58. The molecular weight excluding hydrogens is 188 g/mol. The second-order valence-corrected chi connectivity index (χ2v) is 3.59. The van der Waals surface area contributed by atoms with Gasteiger partial charge in [0, 0.05) is 18.2 Å². The number of likely N-dealkylation sites (N-methyl/N-ethyl adjacent to an activating group) is 1. The normalized spacial score (nSPS) is 12.5. The Morgan fingerprint density at radius 1 is 1.47 bits per heavy atom. The van der Waals surface area contributed by atoms with Crippen LogP contribution in [0.4, 0.5) is 0 Å². The van der Waals surface area contributed by atoms with Gasteiger partial charge in [0.15, 0.2) is 0 Å². The van der Waals surface area contributed by atoms with E-state index in [1.165, 1.54) is 5.56 Å².